The van der Waals surface area contributed by atoms with Gasteiger partial charge in [0.05, 0.1) is 16.7 Å². The number of anilines is 1. The van der Waals surface area contributed by atoms with Crippen molar-refractivity contribution in [3.63, 3.8) is 0 Å². The summed E-state index contributed by atoms with van der Waals surface area (Å²) in [6.45, 7) is 1.83. The Morgan fingerprint density at radius 2 is 1.93 bits per heavy atom. The van der Waals surface area contributed by atoms with E-state index in [1.807, 2.05) is 0 Å². The second-order valence-electron chi connectivity index (χ2n) is 5.17. The van der Waals surface area contributed by atoms with Gasteiger partial charge in [-0.15, -0.1) is 0 Å². The molecule has 2 aromatic carbocycles. The van der Waals surface area contributed by atoms with E-state index < -0.39 is 5.97 Å². The minimum Gasteiger partial charge on any atom is -0.506 e. The number of aliphatic imine (C=N–C) groups is 1. The summed E-state index contributed by atoms with van der Waals surface area (Å²) in [5.74, 6) is -0.963. The molecule has 0 heterocycles. The van der Waals surface area contributed by atoms with Gasteiger partial charge in [0.2, 0.25) is 0 Å². The van der Waals surface area contributed by atoms with Crippen molar-refractivity contribution in [2.75, 3.05) is 11.9 Å². The third-order valence-electron chi connectivity index (χ3n) is 3.28. The zero-order valence-electron chi connectivity index (χ0n) is 14.3. The minimum absolute atomic E-state index is 0.0658. The van der Waals surface area contributed by atoms with Crippen molar-refractivity contribution in [2.45, 2.75) is 6.92 Å². The number of aliphatic hydroxyl groups is 1. The van der Waals surface area contributed by atoms with Crippen molar-refractivity contribution in [2.24, 2.45) is 4.99 Å². The van der Waals surface area contributed by atoms with Crippen LogP contribution in [0.1, 0.15) is 12.5 Å². The van der Waals surface area contributed by atoms with E-state index in [0.717, 1.165) is 6.21 Å². The van der Waals surface area contributed by atoms with Gasteiger partial charge < -0.3 is 15.2 Å². The maximum Gasteiger partial charge on any atom is 0.343 e. The summed E-state index contributed by atoms with van der Waals surface area (Å²) in [5, 5.41) is 14.1. The molecule has 27 heavy (non-hydrogen) atoms. The van der Waals surface area contributed by atoms with Gasteiger partial charge in [-0.1, -0.05) is 53.5 Å². The normalized spacial score (nSPS) is 11.8. The topological polar surface area (TPSA) is 70.9 Å². The van der Waals surface area contributed by atoms with E-state index in [-0.39, 0.29) is 23.1 Å². The van der Waals surface area contributed by atoms with E-state index in [1.165, 1.54) is 0 Å². The number of hydrogen-bond acceptors (Lipinski definition) is 4. The molecule has 0 bridgehead atoms. The number of hydrogen-bond donors (Lipinski definition) is 2. The summed E-state index contributed by atoms with van der Waals surface area (Å²) >= 11 is 17.0. The molecule has 0 radical (unpaired) electrons. The van der Waals surface area contributed by atoms with Crippen LogP contribution in [0, 0.1) is 0 Å². The van der Waals surface area contributed by atoms with Crippen LogP contribution in [0.25, 0.3) is 5.76 Å². The van der Waals surface area contributed by atoms with Crippen LogP contribution in [0.2, 0.25) is 10.0 Å². The summed E-state index contributed by atoms with van der Waals surface area (Å²) in [4.78, 5) is 16.2. The van der Waals surface area contributed by atoms with Crippen LogP contribution < -0.4 is 5.32 Å². The lowest BCUT2D eigenvalue weighted by Gasteiger charge is -2.08. The maximum atomic E-state index is 12.2. The number of ether oxygens (including phenoxy) is 1. The SMILES string of the molecule is CCOC(=O)C(/C=N\C(=S)Nc1ccc(Cl)c(Cl)c1)=C(/O)c1ccccc1. The van der Waals surface area contributed by atoms with Crippen LogP contribution in [0.5, 0.6) is 0 Å². The van der Waals surface area contributed by atoms with E-state index in [9.17, 15) is 9.90 Å². The smallest absolute Gasteiger partial charge is 0.343 e. The third kappa shape index (κ3) is 6.06. The Hall–Kier alpha value is -2.41. The highest BCUT2D eigenvalue weighted by Gasteiger charge is 2.16. The quantitative estimate of drug-likeness (QED) is 0.225. The molecule has 0 amide bonds. The number of halogens is 2. The Morgan fingerprint density at radius 1 is 1.22 bits per heavy atom. The largest absolute Gasteiger partial charge is 0.506 e. The molecule has 2 rings (SSSR count). The third-order valence-corrected chi connectivity index (χ3v) is 4.23. The monoisotopic (exact) mass is 422 g/mol. The fourth-order valence-corrected chi connectivity index (χ4v) is 2.49. The Labute approximate surface area is 172 Å². The highest BCUT2D eigenvalue weighted by atomic mass is 35.5. The van der Waals surface area contributed by atoms with Crippen molar-refractivity contribution < 1.29 is 14.6 Å². The average molecular weight is 423 g/mol. The van der Waals surface area contributed by atoms with Crippen LogP contribution in [-0.2, 0) is 9.53 Å². The average Bonchev–Trinajstić information content (AvgIpc) is 2.65. The van der Waals surface area contributed by atoms with Gasteiger partial charge in [-0.25, -0.2) is 9.79 Å². The van der Waals surface area contributed by atoms with Gasteiger partial charge >= 0.3 is 5.97 Å². The lowest BCUT2D eigenvalue weighted by atomic mass is 10.1. The fraction of sp³-hybridized carbons (Fsp3) is 0.105. The molecule has 0 unspecified atom stereocenters. The molecule has 0 saturated carbocycles. The lowest BCUT2D eigenvalue weighted by molar-refractivity contribution is -0.137. The standard InChI is InChI=1S/C19H16Cl2N2O3S/c1-2-26-18(25)14(17(24)12-6-4-3-5-7-12)11-22-19(27)23-13-8-9-15(20)16(21)10-13/h3-11,24H,2H2,1H3,(H,23,27)/b17-14+,22-11-. The Bertz CT molecular complexity index is 899. The van der Waals surface area contributed by atoms with E-state index in [0.29, 0.717) is 21.3 Å². The number of rotatable bonds is 5. The van der Waals surface area contributed by atoms with Crippen LogP contribution in [0.15, 0.2) is 59.1 Å². The number of nitrogens with one attached hydrogen (secondary N) is 1. The van der Waals surface area contributed by atoms with Gasteiger partial charge in [0.1, 0.15) is 11.3 Å². The highest BCUT2D eigenvalue weighted by molar-refractivity contribution is 7.80. The van der Waals surface area contributed by atoms with Gasteiger partial charge in [0.25, 0.3) is 0 Å². The van der Waals surface area contributed by atoms with Gasteiger partial charge in [0, 0.05) is 17.5 Å². The minimum atomic E-state index is -0.708. The molecule has 8 heteroatoms. The molecular weight excluding hydrogens is 407 g/mol. The molecule has 0 aliphatic rings. The second-order valence-corrected chi connectivity index (χ2v) is 6.37. The van der Waals surface area contributed by atoms with Crippen LogP contribution in [0.4, 0.5) is 5.69 Å². The Balaban J connectivity index is 2.25. The van der Waals surface area contributed by atoms with Crippen molar-refractivity contribution in [1.82, 2.24) is 0 Å². The fourth-order valence-electron chi connectivity index (χ4n) is 2.02. The molecule has 2 aromatic rings. The first-order valence-corrected chi connectivity index (χ1v) is 9.04. The number of carbonyl (C=O) groups is 1. The molecule has 0 fully saturated rings. The molecule has 0 aliphatic carbocycles. The van der Waals surface area contributed by atoms with Crippen LogP contribution in [-0.4, -0.2) is 29.0 Å². The molecular formula is C19H16Cl2N2O3S. The number of nitrogens with zero attached hydrogens (tertiary/aromatic N) is 1. The van der Waals surface area contributed by atoms with E-state index in [4.69, 9.17) is 40.2 Å². The van der Waals surface area contributed by atoms with E-state index >= 15 is 0 Å². The van der Waals surface area contributed by atoms with E-state index in [1.54, 1.807) is 55.5 Å². The number of esters is 1. The summed E-state index contributed by atoms with van der Waals surface area (Å²) in [7, 11) is 0. The first-order valence-electron chi connectivity index (χ1n) is 7.88. The number of aliphatic hydroxyl groups excluding tert-OH is 1. The summed E-state index contributed by atoms with van der Waals surface area (Å²) in [6.07, 6.45) is 1.16. The molecule has 0 saturated heterocycles. The summed E-state index contributed by atoms with van der Waals surface area (Å²) in [6, 6.07) is 13.5. The first-order chi connectivity index (χ1) is 12.9. The van der Waals surface area contributed by atoms with Gasteiger partial charge in [-0.3, -0.25) is 0 Å². The number of thiocarbonyl (C=S) groups is 1. The predicted octanol–water partition coefficient (Wildman–Crippen LogP) is 5.29. The molecule has 0 spiro atoms. The van der Waals surface area contributed by atoms with Crippen molar-refractivity contribution in [3.05, 3.63) is 69.7 Å². The molecule has 2 N–H and O–H groups in total. The number of carbonyl (C=O) groups excluding carboxylic acids is 1. The molecule has 0 aliphatic heterocycles. The second kappa shape index (κ2) is 10.1. The van der Waals surface area contributed by atoms with Gasteiger partial charge in [0.15, 0.2) is 5.11 Å². The summed E-state index contributed by atoms with van der Waals surface area (Å²) in [5.41, 5.74) is 0.928. The molecule has 140 valence electrons. The Morgan fingerprint density at radius 3 is 2.56 bits per heavy atom. The molecule has 5 nitrogen and oxygen atoms in total. The molecule has 0 atom stereocenters. The lowest BCUT2D eigenvalue weighted by Crippen LogP contribution is -2.13. The molecule has 0 aromatic heterocycles. The Kier molecular flexibility index (Phi) is 7.79. The van der Waals surface area contributed by atoms with Gasteiger partial charge in [-0.2, -0.15) is 0 Å². The predicted molar refractivity (Wildman–Crippen MR) is 114 cm³/mol. The highest BCUT2D eigenvalue weighted by Crippen LogP contribution is 2.25. The van der Waals surface area contributed by atoms with Gasteiger partial charge in [-0.05, 0) is 37.3 Å². The zero-order chi connectivity index (χ0) is 19.8. The van der Waals surface area contributed by atoms with Crippen molar-refractivity contribution in [1.29, 1.82) is 0 Å². The van der Waals surface area contributed by atoms with Crippen LogP contribution >= 0.6 is 35.4 Å². The van der Waals surface area contributed by atoms with Crippen molar-refractivity contribution >= 4 is 64.2 Å². The van der Waals surface area contributed by atoms with E-state index in [2.05, 4.69) is 10.3 Å². The zero-order valence-corrected chi connectivity index (χ0v) is 16.6. The summed E-state index contributed by atoms with van der Waals surface area (Å²) < 4.78 is 4.98. The maximum absolute atomic E-state index is 12.2. The first kappa shape index (κ1) is 20.9. The number of benzene rings is 2. The van der Waals surface area contributed by atoms with Crippen LogP contribution in [0.3, 0.4) is 0 Å². The van der Waals surface area contributed by atoms with Crippen molar-refractivity contribution in [3.8, 4) is 0 Å².